The van der Waals surface area contributed by atoms with Crippen molar-refractivity contribution < 1.29 is 14.6 Å². The number of aliphatic hydroxyl groups is 1. The van der Waals surface area contributed by atoms with Crippen LogP contribution in [0.5, 0.6) is 0 Å². The van der Waals surface area contributed by atoms with E-state index in [0.29, 0.717) is 18.2 Å². The first-order chi connectivity index (χ1) is 8.70. The Morgan fingerprint density at radius 1 is 1.06 bits per heavy atom. The first-order valence-electron chi connectivity index (χ1n) is 7.14. The van der Waals surface area contributed by atoms with E-state index < -0.39 is 0 Å². The Morgan fingerprint density at radius 2 is 1.56 bits per heavy atom. The number of hydrogen-bond donors (Lipinski definition) is 1. The van der Waals surface area contributed by atoms with Gasteiger partial charge in [-0.2, -0.15) is 0 Å². The van der Waals surface area contributed by atoms with Crippen molar-refractivity contribution in [3.8, 4) is 0 Å². The monoisotopic (exact) mass is 263 g/mol. The Morgan fingerprint density at radius 3 is 2.00 bits per heavy atom. The second-order valence-corrected chi connectivity index (χ2v) is 3.79. The summed E-state index contributed by atoms with van der Waals surface area (Å²) in [6.07, 6.45) is 2.01. The highest BCUT2D eigenvalue weighted by atomic mass is 16.5. The molecule has 4 unspecified atom stereocenters. The highest BCUT2D eigenvalue weighted by molar-refractivity contribution is 4.92. The number of fused-ring (bicyclic) bond motifs is 1. The van der Waals surface area contributed by atoms with Crippen molar-refractivity contribution in [2.75, 3.05) is 20.8 Å². The summed E-state index contributed by atoms with van der Waals surface area (Å²) in [5.41, 5.74) is 0. The molecule has 2 fully saturated rings. The first kappa shape index (κ1) is 20.2. The minimum absolute atomic E-state index is 0.254. The SMILES string of the molecule is CC.CC.CC1OCCC2OC(C)N(C)C12.CO. The van der Waals surface area contributed by atoms with Crippen molar-refractivity contribution in [3.05, 3.63) is 0 Å². The van der Waals surface area contributed by atoms with Gasteiger partial charge in [0.05, 0.1) is 18.2 Å². The van der Waals surface area contributed by atoms with Crippen LogP contribution in [-0.4, -0.2) is 55.2 Å². The van der Waals surface area contributed by atoms with Gasteiger partial charge >= 0.3 is 0 Å². The number of nitrogens with zero attached hydrogens (tertiary/aromatic N) is 1. The molecule has 2 heterocycles. The lowest BCUT2D eigenvalue weighted by Gasteiger charge is -2.33. The maximum Gasteiger partial charge on any atom is 0.108 e. The van der Waals surface area contributed by atoms with Crippen LogP contribution in [0.4, 0.5) is 0 Å². The molecule has 2 saturated heterocycles. The lowest BCUT2D eigenvalue weighted by atomic mass is 10.0. The predicted molar refractivity (Wildman–Crippen MR) is 76.8 cm³/mol. The molecule has 4 heteroatoms. The van der Waals surface area contributed by atoms with Gasteiger partial charge in [0.2, 0.25) is 0 Å². The molecule has 0 aromatic heterocycles. The van der Waals surface area contributed by atoms with E-state index in [-0.39, 0.29) is 6.23 Å². The number of ether oxygens (including phenoxy) is 2. The summed E-state index contributed by atoms with van der Waals surface area (Å²) < 4.78 is 11.4. The molecular formula is C14H33NO3. The summed E-state index contributed by atoms with van der Waals surface area (Å²) in [5, 5.41) is 7.00. The van der Waals surface area contributed by atoms with Gasteiger partial charge < -0.3 is 14.6 Å². The summed E-state index contributed by atoms with van der Waals surface area (Å²) in [7, 11) is 3.11. The molecule has 112 valence electrons. The average molecular weight is 263 g/mol. The van der Waals surface area contributed by atoms with Gasteiger partial charge in [-0.05, 0) is 27.3 Å². The molecule has 0 amide bonds. The fourth-order valence-corrected chi connectivity index (χ4v) is 2.28. The van der Waals surface area contributed by atoms with E-state index in [0.717, 1.165) is 20.1 Å². The third-order valence-corrected chi connectivity index (χ3v) is 3.06. The molecule has 0 saturated carbocycles. The van der Waals surface area contributed by atoms with Crippen LogP contribution in [0.2, 0.25) is 0 Å². The summed E-state index contributed by atoms with van der Waals surface area (Å²) in [6, 6.07) is 0.466. The molecule has 0 aromatic carbocycles. The molecule has 0 aromatic rings. The van der Waals surface area contributed by atoms with Gasteiger partial charge in [0, 0.05) is 13.7 Å². The quantitative estimate of drug-likeness (QED) is 0.729. The van der Waals surface area contributed by atoms with Crippen LogP contribution >= 0.6 is 0 Å². The number of aliphatic hydroxyl groups excluding tert-OH is 1. The number of likely N-dealkylation sites (N-methyl/N-ethyl adjacent to an activating group) is 1. The van der Waals surface area contributed by atoms with E-state index in [4.69, 9.17) is 14.6 Å². The van der Waals surface area contributed by atoms with Crippen molar-refractivity contribution in [2.45, 2.75) is 72.4 Å². The maximum atomic E-state index is 7.00. The molecule has 4 atom stereocenters. The van der Waals surface area contributed by atoms with Gasteiger partial charge in [0.25, 0.3) is 0 Å². The third-order valence-electron chi connectivity index (χ3n) is 3.06. The Bertz CT molecular complexity index is 178. The van der Waals surface area contributed by atoms with Crippen molar-refractivity contribution >= 4 is 0 Å². The van der Waals surface area contributed by atoms with Gasteiger partial charge in [-0.1, -0.05) is 27.7 Å². The summed E-state index contributed by atoms with van der Waals surface area (Å²) >= 11 is 0. The maximum absolute atomic E-state index is 7.00. The molecule has 2 aliphatic heterocycles. The largest absolute Gasteiger partial charge is 0.400 e. The molecule has 2 rings (SSSR count). The van der Waals surface area contributed by atoms with E-state index in [1.807, 2.05) is 27.7 Å². The van der Waals surface area contributed by atoms with E-state index in [1.165, 1.54) is 0 Å². The van der Waals surface area contributed by atoms with Crippen molar-refractivity contribution in [1.82, 2.24) is 4.90 Å². The van der Waals surface area contributed by atoms with Gasteiger partial charge in [-0.15, -0.1) is 0 Å². The zero-order valence-corrected chi connectivity index (χ0v) is 13.4. The zero-order chi connectivity index (χ0) is 14.7. The Balaban J connectivity index is 0. The smallest absolute Gasteiger partial charge is 0.108 e. The number of rotatable bonds is 0. The normalized spacial score (nSPS) is 33.8. The third kappa shape index (κ3) is 5.22. The lowest BCUT2D eigenvalue weighted by Crippen LogP contribution is -2.47. The van der Waals surface area contributed by atoms with Gasteiger partial charge in [-0.25, -0.2) is 0 Å². The minimum atomic E-state index is 0.254. The van der Waals surface area contributed by atoms with E-state index in [1.54, 1.807) is 0 Å². The van der Waals surface area contributed by atoms with Crippen LogP contribution in [0.1, 0.15) is 48.0 Å². The van der Waals surface area contributed by atoms with Crippen LogP contribution in [0.25, 0.3) is 0 Å². The van der Waals surface area contributed by atoms with Crippen molar-refractivity contribution in [1.29, 1.82) is 0 Å². The molecule has 1 N–H and O–H groups in total. The van der Waals surface area contributed by atoms with Crippen LogP contribution < -0.4 is 0 Å². The average Bonchev–Trinajstić information content (AvgIpc) is 2.73. The van der Waals surface area contributed by atoms with Crippen LogP contribution in [0, 0.1) is 0 Å². The van der Waals surface area contributed by atoms with Crippen molar-refractivity contribution in [3.63, 3.8) is 0 Å². The second-order valence-electron chi connectivity index (χ2n) is 3.79. The highest BCUT2D eigenvalue weighted by Gasteiger charge is 2.43. The first-order valence-corrected chi connectivity index (χ1v) is 7.14. The summed E-state index contributed by atoms with van der Waals surface area (Å²) in [6.45, 7) is 13.1. The predicted octanol–water partition coefficient (Wildman–Crippen LogP) is 2.50. The standard InChI is InChI=1S/C9H17NO2.2C2H6.CH4O/c1-6-9-8(4-5-11-6)12-7(2)10(9)3;3*1-2/h6-9H,4-5H2,1-3H3;2*1-2H3;2H,1H3. The number of hydrogen-bond acceptors (Lipinski definition) is 4. The van der Waals surface area contributed by atoms with E-state index in [2.05, 4.69) is 25.8 Å². The Hall–Kier alpha value is -0.160. The highest BCUT2D eigenvalue weighted by Crippen LogP contribution is 2.30. The molecular weight excluding hydrogens is 230 g/mol. The lowest BCUT2D eigenvalue weighted by molar-refractivity contribution is -0.0526. The zero-order valence-electron chi connectivity index (χ0n) is 13.4. The fraction of sp³-hybridized carbons (Fsp3) is 1.00. The molecule has 0 bridgehead atoms. The fourth-order valence-electron chi connectivity index (χ4n) is 2.28. The van der Waals surface area contributed by atoms with Crippen LogP contribution in [0.15, 0.2) is 0 Å². The second kappa shape index (κ2) is 11.9. The Kier molecular flexibility index (Phi) is 13.3. The van der Waals surface area contributed by atoms with Crippen LogP contribution in [-0.2, 0) is 9.47 Å². The van der Waals surface area contributed by atoms with Crippen LogP contribution in [0.3, 0.4) is 0 Å². The van der Waals surface area contributed by atoms with Gasteiger partial charge in [0.15, 0.2) is 0 Å². The molecule has 4 nitrogen and oxygen atoms in total. The van der Waals surface area contributed by atoms with E-state index in [9.17, 15) is 0 Å². The molecule has 0 radical (unpaired) electrons. The van der Waals surface area contributed by atoms with Gasteiger partial charge in [0.1, 0.15) is 6.23 Å². The minimum Gasteiger partial charge on any atom is -0.400 e. The van der Waals surface area contributed by atoms with E-state index >= 15 is 0 Å². The van der Waals surface area contributed by atoms with Crippen molar-refractivity contribution in [2.24, 2.45) is 0 Å². The van der Waals surface area contributed by atoms with Gasteiger partial charge in [-0.3, -0.25) is 4.90 Å². The summed E-state index contributed by atoms with van der Waals surface area (Å²) in [5.74, 6) is 0. The molecule has 0 spiro atoms. The Labute approximate surface area is 113 Å². The summed E-state index contributed by atoms with van der Waals surface area (Å²) in [4.78, 5) is 2.27. The topological polar surface area (TPSA) is 41.9 Å². The molecule has 2 aliphatic rings. The molecule has 0 aliphatic carbocycles. The molecule has 18 heavy (non-hydrogen) atoms.